The minimum Gasteiger partial charge on any atom is -0.345 e. The predicted octanol–water partition coefficient (Wildman–Crippen LogP) is 1.45. The third-order valence-corrected chi connectivity index (χ3v) is 4.05. The van der Waals surface area contributed by atoms with Crippen LogP contribution in [0, 0.1) is 24.2 Å². The summed E-state index contributed by atoms with van der Waals surface area (Å²) >= 11 is 0. The number of allylic oxidation sites excluding steroid dienone is 1. The monoisotopic (exact) mass is 272 g/mol. The molecule has 0 spiro atoms. The molecule has 0 aromatic rings. The molecule has 0 radical (unpaired) electrons. The third kappa shape index (κ3) is 3.30. The molecule has 1 aliphatic carbocycles. The van der Waals surface area contributed by atoms with Gasteiger partial charge in [-0.25, -0.2) is 0 Å². The van der Waals surface area contributed by atoms with Crippen molar-refractivity contribution in [3.63, 3.8) is 0 Å². The number of nitrogens with zero attached hydrogens (tertiary/aromatic N) is 1. The SMILES string of the molecule is C#CCNC(=O)C1CCC(CN2C(=C)C=CC2=O)CC1. The Morgan fingerprint density at radius 1 is 1.40 bits per heavy atom. The Balaban J connectivity index is 1.77. The molecule has 0 atom stereocenters. The second kappa shape index (κ2) is 6.42. The quantitative estimate of drug-likeness (QED) is 0.788. The number of terminal acetylenes is 1. The average Bonchev–Trinajstić information content (AvgIpc) is 2.77. The molecule has 0 unspecified atom stereocenters. The lowest BCUT2D eigenvalue weighted by Gasteiger charge is -2.30. The van der Waals surface area contributed by atoms with E-state index >= 15 is 0 Å². The van der Waals surface area contributed by atoms with Gasteiger partial charge >= 0.3 is 0 Å². The van der Waals surface area contributed by atoms with Gasteiger partial charge in [0, 0.05) is 24.2 Å². The third-order valence-electron chi connectivity index (χ3n) is 4.05. The van der Waals surface area contributed by atoms with Crippen molar-refractivity contribution in [2.24, 2.45) is 11.8 Å². The first-order chi connectivity index (χ1) is 9.61. The minimum absolute atomic E-state index is 0.0175. The molecule has 2 rings (SSSR count). The molecular weight excluding hydrogens is 252 g/mol. The Kier molecular flexibility index (Phi) is 4.62. The van der Waals surface area contributed by atoms with Crippen molar-refractivity contribution >= 4 is 11.8 Å². The highest BCUT2D eigenvalue weighted by molar-refractivity contribution is 5.93. The van der Waals surface area contributed by atoms with E-state index in [0.717, 1.165) is 31.4 Å². The fourth-order valence-corrected chi connectivity index (χ4v) is 2.84. The van der Waals surface area contributed by atoms with E-state index in [-0.39, 0.29) is 17.7 Å². The number of amides is 2. The lowest BCUT2D eigenvalue weighted by Crippen LogP contribution is -2.36. The molecule has 106 valence electrons. The molecule has 1 saturated carbocycles. The van der Waals surface area contributed by atoms with Gasteiger partial charge in [-0.05, 0) is 37.7 Å². The van der Waals surface area contributed by atoms with E-state index in [4.69, 9.17) is 6.42 Å². The molecule has 1 aliphatic heterocycles. The van der Waals surface area contributed by atoms with Gasteiger partial charge in [0.15, 0.2) is 0 Å². The Bertz CT molecular complexity index is 461. The molecule has 1 heterocycles. The van der Waals surface area contributed by atoms with Crippen LogP contribution in [-0.4, -0.2) is 29.8 Å². The summed E-state index contributed by atoms with van der Waals surface area (Å²) in [6.07, 6.45) is 12.1. The fraction of sp³-hybridized carbons (Fsp3) is 0.500. The summed E-state index contributed by atoms with van der Waals surface area (Å²) in [5, 5.41) is 2.74. The van der Waals surface area contributed by atoms with Crippen LogP contribution < -0.4 is 5.32 Å². The van der Waals surface area contributed by atoms with Crippen LogP contribution in [-0.2, 0) is 9.59 Å². The van der Waals surface area contributed by atoms with Gasteiger partial charge in [0.1, 0.15) is 0 Å². The summed E-state index contributed by atoms with van der Waals surface area (Å²) in [6, 6.07) is 0. The molecule has 0 aromatic carbocycles. The van der Waals surface area contributed by atoms with Crippen LogP contribution >= 0.6 is 0 Å². The van der Waals surface area contributed by atoms with Crippen molar-refractivity contribution < 1.29 is 9.59 Å². The number of rotatable bonds is 4. The molecule has 4 heteroatoms. The first kappa shape index (κ1) is 14.4. The maximum absolute atomic E-state index is 11.8. The van der Waals surface area contributed by atoms with Gasteiger partial charge in [-0.15, -0.1) is 6.42 Å². The van der Waals surface area contributed by atoms with E-state index < -0.39 is 0 Å². The predicted molar refractivity (Wildman–Crippen MR) is 77.3 cm³/mol. The topological polar surface area (TPSA) is 49.4 Å². The van der Waals surface area contributed by atoms with E-state index in [1.54, 1.807) is 17.1 Å². The lowest BCUT2D eigenvalue weighted by molar-refractivity contribution is -0.127. The van der Waals surface area contributed by atoms with Crippen molar-refractivity contribution in [3.05, 3.63) is 24.4 Å². The van der Waals surface area contributed by atoms with Gasteiger partial charge in [0.05, 0.1) is 6.54 Å². The fourth-order valence-electron chi connectivity index (χ4n) is 2.84. The van der Waals surface area contributed by atoms with Crippen LogP contribution in [0.25, 0.3) is 0 Å². The number of nitrogens with one attached hydrogen (secondary N) is 1. The first-order valence-electron chi connectivity index (χ1n) is 7.01. The van der Waals surface area contributed by atoms with E-state index in [0.29, 0.717) is 19.0 Å². The van der Waals surface area contributed by atoms with Crippen molar-refractivity contribution in [3.8, 4) is 12.3 Å². The van der Waals surface area contributed by atoms with Crippen LogP contribution in [0.4, 0.5) is 0 Å². The van der Waals surface area contributed by atoms with Gasteiger partial charge in [0.25, 0.3) is 5.91 Å². The molecule has 0 bridgehead atoms. The van der Waals surface area contributed by atoms with Crippen molar-refractivity contribution in [1.82, 2.24) is 10.2 Å². The van der Waals surface area contributed by atoms with Gasteiger partial charge in [-0.3, -0.25) is 9.59 Å². The average molecular weight is 272 g/mol. The van der Waals surface area contributed by atoms with Crippen LogP contribution in [0.15, 0.2) is 24.4 Å². The molecule has 1 N–H and O–H groups in total. The maximum atomic E-state index is 11.8. The van der Waals surface area contributed by atoms with Crippen LogP contribution in [0.2, 0.25) is 0 Å². The van der Waals surface area contributed by atoms with Gasteiger partial charge in [-0.1, -0.05) is 12.5 Å². The summed E-state index contributed by atoms with van der Waals surface area (Å²) in [5.74, 6) is 3.01. The van der Waals surface area contributed by atoms with E-state index in [1.807, 2.05) is 0 Å². The standard InChI is InChI=1S/C16H20N2O2/c1-3-10-17-16(20)14-7-5-13(6-8-14)11-18-12(2)4-9-15(18)19/h1,4,9,13-14H,2,5-8,10-11H2,(H,17,20). The lowest BCUT2D eigenvalue weighted by atomic mass is 9.81. The Morgan fingerprint density at radius 3 is 2.65 bits per heavy atom. The van der Waals surface area contributed by atoms with Gasteiger partial charge in [-0.2, -0.15) is 0 Å². The minimum atomic E-state index is 0.0175. The summed E-state index contributed by atoms with van der Waals surface area (Å²) in [7, 11) is 0. The van der Waals surface area contributed by atoms with E-state index in [1.165, 1.54) is 0 Å². The first-order valence-corrected chi connectivity index (χ1v) is 7.01. The smallest absolute Gasteiger partial charge is 0.251 e. The zero-order valence-corrected chi connectivity index (χ0v) is 11.6. The molecule has 20 heavy (non-hydrogen) atoms. The summed E-state index contributed by atoms with van der Waals surface area (Å²) in [4.78, 5) is 25.2. The molecule has 1 fully saturated rings. The van der Waals surface area contributed by atoms with Crippen LogP contribution in [0.1, 0.15) is 25.7 Å². The second-order valence-corrected chi connectivity index (χ2v) is 5.41. The summed E-state index contributed by atoms with van der Waals surface area (Å²) in [5.41, 5.74) is 0.767. The van der Waals surface area contributed by atoms with Gasteiger partial charge in [0.2, 0.25) is 5.91 Å². The second-order valence-electron chi connectivity index (χ2n) is 5.41. The maximum Gasteiger partial charge on any atom is 0.251 e. The molecule has 0 saturated heterocycles. The van der Waals surface area contributed by atoms with Crippen LogP contribution in [0.3, 0.4) is 0 Å². The van der Waals surface area contributed by atoms with E-state index in [2.05, 4.69) is 17.8 Å². The zero-order valence-electron chi connectivity index (χ0n) is 11.6. The number of carbonyl (C=O) groups is 2. The highest BCUT2D eigenvalue weighted by atomic mass is 16.2. The van der Waals surface area contributed by atoms with Crippen molar-refractivity contribution in [2.45, 2.75) is 25.7 Å². The Hall–Kier alpha value is -2.02. The van der Waals surface area contributed by atoms with Crippen LogP contribution in [0.5, 0.6) is 0 Å². The van der Waals surface area contributed by atoms with Crippen molar-refractivity contribution in [2.75, 3.05) is 13.1 Å². The number of hydrogen-bond donors (Lipinski definition) is 1. The normalized spacial score (nSPS) is 25.6. The van der Waals surface area contributed by atoms with Gasteiger partial charge < -0.3 is 10.2 Å². The highest BCUT2D eigenvalue weighted by Crippen LogP contribution is 2.30. The number of carbonyl (C=O) groups excluding carboxylic acids is 2. The largest absolute Gasteiger partial charge is 0.345 e. The zero-order chi connectivity index (χ0) is 14.5. The molecule has 4 nitrogen and oxygen atoms in total. The summed E-state index contributed by atoms with van der Waals surface area (Å²) in [6.45, 7) is 4.87. The molecule has 2 aliphatic rings. The summed E-state index contributed by atoms with van der Waals surface area (Å²) < 4.78 is 0. The molecule has 0 aromatic heterocycles. The Morgan fingerprint density at radius 2 is 2.10 bits per heavy atom. The van der Waals surface area contributed by atoms with Crippen molar-refractivity contribution in [1.29, 1.82) is 0 Å². The van der Waals surface area contributed by atoms with E-state index in [9.17, 15) is 9.59 Å². The number of hydrogen-bond acceptors (Lipinski definition) is 2. The highest BCUT2D eigenvalue weighted by Gasteiger charge is 2.29. The molecular formula is C16H20N2O2. The Labute approximate surface area is 119 Å². The molecule has 2 amide bonds.